The monoisotopic (exact) mass is 760 g/mol. The average Bonchev–Trinajstić information content (AvgIpc) is 3.46. The van der Waals surface area contributed by atoms with Crippen LogP contribution in [0.25, 0.3) is 22.3 Å². The molecule has 6 rings (SSSR count). The molecule has 2 N–H and O–H groups in total. The normalized spacial score (nSPS) is 16.2. The van der Waals surface area contributed by atoms with Gasteiger partial charge in [-0.25, -0.2) is 0 Å². The SMILES string of the molecule is CCC(C)c1ccc(N(c2ccc(-c3ccc4c(c3)C(C(=O)O)(C(=O)NC(CC)C(F)(F)F)c3cc(C(C)C)ccc3-4)cc2)c2ccc(C(C)(C)C)cc2)cc1. The topological polar surface area (TPSA) is 69.6 Å². The number of amides is 1. The highest BCUT2D eigenvalue weighted by atomic mass is 19.4. The summed E-state index contributed by atoms with van der Waals surface area (Å²) in [7, 11) is 0. The van der Waals surface area contributed by atoms with Gasteiger partial charge in [-0.15, -0.1) is 0 Å². The van der Waals surface area contributed by atoms with E-state index >= 15 is 0 Å². The van der Waals surface area contributed by atoms with Crippen molar-refractivity contribution in [2.45, 2.75) is 103 Å². The first-order valence-electron chi connectivity index (χ1n) is 19.4. The molecule has 3 unspecified atom stereocenters. The summed E-state index contributed by atoms with van der Waals surface area (Å²) in [5, 5.41) is 13.1. The fourth-order valence-corrected chi connectivity index (χ4v) is 7.68. The summed E-state index contributed by atoms with van der Waals surface area (Å²) in [4.78, 5) is 29.9. The van der Waals surface area contributed by atoms with Gasteiger partial charge in [0.15, 0.2) is 5.41 Å². The summed E-state index contributed by atoms with van der Waals surface area (Å²) in [6.45, 7) is 16.1. The number of benzene rings is 5. The Morgan fingerprint density at radius 2 is 1.16 bits per heavy atom. The minimum Gasteiger partial charge on any atom is -0.480 e. The fourth-order valence-electron chi connectivity index (χ4n) is 7.68. The van der Waals surface area contributed by atoms with Gasteiger partial charge in [-0.05, 0) is 123 Å². The molecule has 1 amide bonds. The first kappa shape index (κ1) is 40.3. The fraction of sp³-hybridized carbons (Fsp3) is 0.333. The number of carbonyl (C=O) groups excluding carboxylic acids is 1. The number of hydrogen-bond acceptors (Lipinski definition) is 3. The zero-order valence-electron chi connectivity index (χ0n) is 33.4. The average molecular weight is 761 g/mol. The summed E-state index contributed by atoms with van der Waals surface area (Å²) in [6, 6.07) is 33.4. The van der Waals surface area contributed by atoms with Crippen molar-refractivity contribution in [2.24, 2.45) is 0 Å². The second-order valence-corrected chi connectivity index (χ2v) is 16.3. The third-order valence-corrected chi connectivity index (χ3v) is 11.4. The van der Waals surface area contributed by atoms with E-state index in [2.05, 4.69) is 93.4 Å². The Bertz CT molecular complexity index is 2220. The maximum atomic E-state index is 14.2. The largest absolute Gasteiger partial charge is 0.480 e. The third-order valence-electron chi connectivity index (χ3n) is 11.4. The number of carboxylic acids is 1. The van der Waals surface area contributed by atoms with Gasteiger partial charge in [0.1, 0.15) is 6.04 Å². The smallest absolute Gasteiger partial charge is 0.408 e. The maximum Gasteiger partial charge on any atom is 0.408 e. The lowest BCUT2D eigenvalue weighted by molar-refractivity contribution is -0.166. The van der Waals surface area contributed by atoms with Crippen LogP contribution in [0.5, 0.6) is 0 Å². The van der Waals surface area contributed by atoms with Crippen LogP contribution in [-0.2, 0) is 20.4 Å². The molecule has 5 aromatic rings. The molecule has 1 aliphatic carbocycles. The van der Waals surface area contributed by atoms with Crippen molar-refractivity contribution in [3.8, 4) is 22.3 Å². The molecule has 0 saturated carbocycles. The van der Waals surface area contributed by atoms with E-state index in [0.717, 1.165) is 34.6 Å². The van der Waals surface area contributed by atoms with Crippen molar-refractivity contribution in [3.63, 3.8) is 0 Å². The predicted octanol–water partition coefficient (Wildman–Crippen LogP) is 12.6. The van der Waals surface area contributed by atoms with E-state index in [1.165, 1.54) is 18.1 Å². The van der Waals surface area contributed by atoms with Gasteiger partial charge in [-0.2, -0.15) is 13.2 Å². The molecule has 0 heterocycles. The van der Waals surface area contributed by atoms with E-state index in [4.69, 9.17) is 0 Å². The molecule has 0 saturated heterocycles. The van der Waals surface area contributed by atoms with Gasteiger partial charge in [-0.3, -0.25) is 9.59 Å². The Balaban J connectivity index is 1.45. The van der Waals surface area contributed by atoms with Crippen LogP contribution >= 0.6 is 0 Å². The Kier molecular flexibility index (Phi) is 11.0. The van der Waals surface area contributed by atoms with Gasteiger partial charge in [-0.1, -0.05) is 122 Å². The van der Waals surface area contributed by atoms with Crippen molar-refractivity contribution < 1.29 is 27.9 Å². The molecule has 292 valence electrons. The number of nitrogens with zero attached hydrogens (tertiary/aromatic N) is 1. The molecule has 0 aliphatic heterocycles. The van der Waals surface area contributed by atoms with Crippen molar-refractivity contribution in [3.05, 3.63) is 137 Å². The van der Waals surface area contributed by atoms with E-state index in [1.807, 2.05) is 50.2 Å². The number of fused-ring (bicyclic) bond motifs is 3. The van der Waals surface area contributed by atoms with E-state index < -0.39 is 35.9 Å². The molecule has 5 aromatic carbocycles. The molecule has 5 nitrogen and oxygen atoms in total. The van der Waals surface area contributed by atoms with Crippen molar-refractivity contribution in [2.75, 3.05) is 4.90 Å². The number of rotatable bonds is 11. The van der Waals surface area contributed by atoms with Gasteiger partial charge < -0.3 is 15.3 Å². The van der Waals surface area contributed by atoms with Gasteiger partial charge in [0.2, 0.25) is 5.91 Å². The number of halogens is 3. The quantitative estimate of drug-likeness (QED) is 0.132. The molecule has 0 spiro atoms. The Morgan fingerprint density at radius 1 is 0.679 bits per heavy atom. The number of carbonyl (C=O) groups is 2. The van der Waals surface area contributed by atoms with E-state index in [0.29, 0.717) is 22.6 Å². The van der Waals surface area contributed by atoms with Crippen molar-refractivity contribution in [1.82, 2.24) is 5.32 Å². The van der Waals surface area contributed by atoms with Gasteiger partial charge in [0.05, 0.1) is 0 Å². The van der Waals surface area contributed by atoms with Crippen molar-refractivity contribution >= 4 is 28.9 Å². The highest BCUT2D eigenvalue weighted by molar-refractivity contribution is 6.17. The Labute approximate surface area is 328 Å². The molecule has 0 fully saturated rings. The standard InChI is InChI=1S/C48H51F3N2O3/c1-9-30(5)31-11-19-36(20-12-31)53(38-23-17-35(18-24-38)46(6,7)8)37-21-13-32(14-22-37)34-16-26-40-39-25-15-33(29(3)4)27-41(39)47(45(55)56,42(40)28-34)44(54)52-43(10-2)48(49,50)51/h11-30,43H,9-10H2,1-8H3,(H,52,54)(H,55,56). The zero-order chi connectivity index (χ0) is 40.7. The van der Waals surface area contributed by atoms with Crippen LogP contribution in [0.15, 0.2) is 109 Å². The molecule has 56 heavy (non-hydrogen) atoms. The molecule has 0 aromatic heterocycles. The second kappa shape index (κ2) is 15.3. The van der Waals surface area contributed by atoms with Gasteiger partial charge in [0, 0.05) is 17.1 Å². The number of anilines is 3. The van der Waals surface area contributed by atoms with Crippen molar-refractivity contribution in [1.29, 1.82) is 0 Å². The lowest BCUT2D eigenvalue weighted by Crippen LogP contribution is -2.55. The minimum absolute atomic E-state index is 0.00810. The van der Waals surface area contributed by atoms with E-state index in [1.54, 1.807) is 24.3 Å². The minimum atomic E-state index is -4.75. The van der Waals surface area contributed by atoms with E-state index in [9.17, 15) is 27.9 Å². The van der Waals surface area contributed by atoms with Crippen LogP contribution < -0.4 is 10.2 Å². The predicted molar refractivity (Wildman–Crippen MR) is 220 cm³/mol. The molecule has 8 heteroatoms. The summed E-state index contributed by atoms with van der Waals surface area (Å²) >= 11 is 0. The van der Waals surface area contributed by atoms with E-state index in [-0.39, 0.29) is 22.5 Å². The van der Waals surface area contributed by atoms with Crippen LogP contribution in [0.3, 0.4) is 0 Å². The van der Waals surface area contributed by atoms with Crippen LogP contribution in [0, 0.1) is 0 Å². The first-order chi connectivity index (χ1) is 26.4. The molecule has 0 bridgehead atoms. The zero-order valence-corrected chi connectivity index (χ0v) is 33.4. The van der Waals surface area contributed by atoms with Crippen LogP contribution in [-0.4, -0.2) is 29.2 Å². The molecule has 0 radical (unpaired) electrons. The highest BCUT2D eigenvalue weighted by Crippen LogP contribution is 2.52. The number of alkyl halides is 3. The summed E-state index contributed by atoms with van der Waals surface area (Å²) < 4.78 is 42.0. The molecule has 3 atom stereocenters. The maximum absolute atomic E-state index is 14.2. The lowest BCUT2D eigenvalue weighted by Gasteiger charge is -2.30. The first-order valence-corrected chi connectivity index (χ1v) is 19.4. The second-order valence-electron chi connectivity index (χ2n) is 16.3. The van der Waals surface area contributed by atoms with Gasteiger partial charge >= 0.3 is 12.1 Å². The molecule has 1 aliphatic rings. The Morgan fingerprint density at radius 3 is 1.64 bits per heavy atom. The molecular weight excluding hydrogens is 710 g/mol. The van der Waals surface area contributed by atoms with Gasteiger partial charge in [0.25, 0.3) is 0 Å². The summed E-state index contributed by atoms with van der Waals surface area (Å²) in [5.41, 5.74) is 6.44. The van der Waals surface area contributed by atoms with Crippen LogP contribution in [0.4, 0.5) is 30.2 Å². The third kappa shape index (κ3) is 7.34. The number of carboxylic acid groups (broad SMARTS) is 1. The molecular formula is C48H51F3N2O3. The number of hydrogen-bond donors (Lipinski definition) is 2. The summed E-state index contributed by atoms with van der Waals surface area (Å²) in [5.74, 6) is -2.33. The highest BCUT2D eigenvalue weighted by Gasteiger charge is 2.57. The van der Waals surface area contributed by atoms with Crippen LogP contribution in [0.2, 0.25) is 0 Å². The number of nitrogens with one attached hydrogen (secondary N) is 1. The lowest BCUT2D eigenvalue weighted by atomic mass is 9.75. The Hall–Kier alpha value is -5.37. The summed E-state index contributed by atoms with van der Waals surface area (Å²) in [6.07, 6.45) is -4.16. The number of aliphatic carboxylic acids is 1. The van der Waals surface area contributed by atoms with Crippen LogP contribution in [0.1, 0.15) is 108 Å².